The fourth-order valence-corrected chi connectivity index (χ4v) is 11.4. The molecule has 218 valence electrons. The Morgan fingerprint density at radius 2 is 1.80 bits per heavy atom. The molecule has 16 heteroatoms. The van der Waals surface area contributed by atoms with Gasteiger partial charge < -0.3 is 15.0 Å². The van der Waals surface area contributed by atoms with Crippen LogP contribution in [0.1, 0.15) is 54.2 Å². The van der Waals surface area contributed by atoms with Crippen LogP contribution in [0.3, 0.4) is 0 Å². The molecule has 2 heterocycles. The molecule has 1 N–H and O–H groups in total. The molecule has 1 aliphatic heterocycles. The van der Waals surface area contributed by atoms with Gasteiger partial charge in [0, 0.05) is 35.3 Å². The topological polar surface area (TPSA) is 71.5 Å². The van der Waals surface area contributed by atoms with Gasteiger partial charge in [0.05, 0.1) is 10.6 Å². The van der Waals surface area contributed by atoms with Crippen molar-refractivity contribution in [1.29, 1.82) is 0 Å². The zero-order chi connectivity index (χ0) is 30.2. The third kappa shape index (κ3) is 7.71. The first-order valence-electron chi connectivity index (χ1n) is 11.8. The Balaban J connectivity index is 2.31. The van der Waals surface area contributed by atoms with E-state index in [4.69, 9.17) is 83.5 Å². The average Bonchev–Trinajstić information content (AvgIpc) is 2.84. The van der Waals surface area contributed by atoms with Crippen LogP contribution in [-0.4, -0.2) is 40.6 Å². The Hall–Kier alpha value is -0.490. The summed E-state index contributed by atoms with van der Waals surface area (Å²) < 4.78 is 5.55. The first-order chi connectivity index (χ1) is 18.5. The van der Waals surface area contributed by atoms with E-state index in [2.05, 4.69) is 10.3 Å². The number of aromatic nitrogens is 1. The van der Waals surface area contributed by atoms with Crippen molar-refractivity contribution in [1.82, 2.24) is 9.88 Å². The van der Waals surface area contributed by atoms with E-state index in [0.29, 0.717) is 41.2 Å². The third-order valence-corrected chi connectivity index (χ3v) is 22.5. The molecule has 0 aliphatic carbocycles. The summed E-state index contributed by atoms with van der Waals surface area (Å²) in [5, 5.41) is 3.24. The molecular weight excluding hydrogens is 702 g/mol. The Morgan fingerprint density at radius 3 is 2.30 bits per heavy atom. The maximum atomic E-state index is 13.6. The van der Waals surface area contributed by atoms with Crippen LogP contribution in [0, 0.1) is 13.8 Å². The minimum Gasteiger partial charge on any atom is -0.444 e. The predicted molar refractivity (Wildman–Crippen MR) is 189 cm³/mol. The Kier molecular flexibility index (Phi) is 11.4. The molecule has 0 saturated carbocycles. The largest absolute Gasteiger partial charge is 0.444 e. The molecule has 1 aromatic heterocycles. The van der Waals surface area contributed by atoms with Crippen LogP contribution < -0.4 is 5.32 Å². The number of hydrogen-bond donors (Lipinski definition) is 3. The number of hydrogen-bond acceptors (Lipinski definition) is 10. The third-order valence-electron chi connectivity index (χ3n) is 6.02. The summed E-state index contributed by atoms with van der Waals surface area (Å²) in [7, 11) is -3.02. The molecule has 2 amide bonds. The second kappa shape index (κ2) is 13.4. The molecule has 6 nitrogen and oxygen atoms in total. The Bertz CT molecular complexity index is 1670. The van der Waals surface area contributed by atoms with Gasteiger partial charge >= 0.3 is 6.09 Å². The van der Waals surface area contributed by atoms with E-state index in [0.717, 1.165) is 21.6 Å². The molecule has 0 atom stereocenters. The molecule has 0 radical (unpaired) electrons. The van der Waals surface area contributed by atoms with Gasteiger partial charge in [0.25, 0.3) is 5.91 Å². The summed E-state index contributed by atoms with van der Waals surface area (Å²) in [4.78, 5) is 33.2. The first-order valence-corrected chi connectivity index (χ1v) is 23.0. The lowest BCUT2D eigenvalue weighted by Crippen LogP contribution is -2.39. The number of halogens is 1. The summed E-state index contributed by atoms with van der Waals surface area (Å²) in [6.07, 6.45) is 0.946. The molecule has 2 aromatic rings. The van der Waals surface area contributed by atoms with E-state index in [1.54, 1.807) is 11.0 Å². The van der Waals surface area contributed by atoms with Gasteiger partial charge in [-0.25, -0.2) is 9.78 Å². The van der Waals surface area contributed by atoms with Crippen molar-refractivity contribution < 1.29 is 14.3 Å². The summed E-state index contributed by atoms with van der Waals surface area (Å²) in [5.74, 6) is -0.427. The fourth-order valence-electron chi connectivity index (χ4n) is 4.13. The molecule has 1 aromatic carbocycles. The zero-order valence-corrected chi connectivity index (χ0v) is 30.4. The van der Waals surface area contributed by atoms with Crippen molar-refractivity contribution in [3.63, 3.8) is 0 Å². The molecule has 0 saturated heterocycles. The number of thiol groups is 2. The average molecular weight is 731 g/mol. The normalized spacial score (nSPS) is 14.3. The Labute approximate surface area is 271 Å². The van der Waals surface area contributed by atoms with Crippen molar-refractivity contribution in [2.75, 3.05) is 18.4 Å². The van der Waals surface area contributed by atoms with Crippen LogP contribution >= 0.6 is 11.6 Å². The maximum Gasteiger partial charge on any atom is 0.410 e. The summed E-state index contributed by atoms with van der Waals surface area (Å²) in [6, 6.07) is 3.03. The van der Waals surface area contributed by atoms with E-state index in [9.17, 15) is 9.59 Å². The number of carbonyl (C=O) groups excluding carboxylic acids is 2. The lowest BCUT2D eigenvalue weighted by molar-refractivity contribution is 0.0270. The number of rotatable bonds is 6. The van der Waals surface area contributed by atoms with Crippen LogP contribution in [0.15, 0.2) is 34.2 Å². The molecule has 3 rings (SSSR count). The van der Waals surface area contributed by atoms with Crippen molar-refractivity contribution in [3.05, 3.63) is 51.8 Å². The van der Waals surface area contributed by atoms with E-state index in [-0.39, 0.29) is 5.15 Å². The number of amides is 2. The lowest BCUT2D eigenvalue weighted by Gasteiger charge is -2.31. The van der Waals surface area contributed by atoms with Gasteiger partial charge in [0.15, 0.2) is 0 Å². The molecule has 0 fully saturated rings. The summed E-state index contributed by atoms with van der Waals surface area (Å²) >= 11 is 40.3. The molecule has 1 aliphatic rings. The second-order valence-electron chi connectivity index (χ2n) is 9.86. The number of benzene rings is 1. The van der Waals surface area contributed by atoms with Gasteiger partial charge in [0.1, 0.15) is 10.8 Å². The van der Waals surface area contributed by atoms with Crippen molar-refractivity contribution in [2.45, 2.75) is 56.4 Å². The second-order valence-corrected chi connectivity index (χ2v) is 28.0. The monoisotopic (exact) mass is 729 g/mol. The highest BCUT2D eigenvalue weighted by Crippen LogP contribution is 2.43. The SMILES string of the molecule is Cc1c(C)c(S(=S)(=S)[SH](=S)=S)c(NC(=O)c2ccnc(Cl)c2)c(C2=CCN(C(=O)OC(C)(C)C)CC2)c1[SH](=S)=S. The zero-order valence-electron chi connectivity index (χ0n) is 22.2. The summed E-state index contributed by atoms with van der Waals surface area (Å²) in [5.41, 5.74) is 3.36. The molecular formula is C24H28ClN3O3S9. The van der Waals surface area contributed by atoms with Crippen molar-refractivity contribution in [2.24, 2.45) is 0 Å². The van der Waals surface area contributed by atoms with Crippen LogP contribution in [0.2, 0.25) is 5.15 Å². The molecule has 0 spiro atoms. The molecule has 0 unspecified atom stereocenters. The number of pyridine rings is 1. The van der Waals surface area contributed by atoms with E-state index < -0.39 is 38.8 Å². The molecule has 0 bridgehead atoms. The van der Waals surface area contributed by atoms with Gasteiger partial charge in [-0.05, 0) is 150 Å². The molecule has 40 heavy (non-hydrogen) atoms. The highest BCUT2D eigenvalue weighted by molar-refractivity contribution is 9.05. The number of ether oxygens (including phenoxy) is 1. The minimum atomic E-state index is -2.51. The van der Waals surface area contributed by atoms with Crippen molar-refractivity contribution in [3.8, 4) is 0 Å². The highest BCUT2D eigenvalue weighted by atomic mass is 35.5. The van der Waals surface area contributed by atoms with Crippen molar-refractivity contribution >= 4 is 123 Å². The van der Waals surface area contributed by atoms with Crippen LogP contribution in [0.5, 0.6) is 0 Å². The van der Waals surface area contributed by atoms with E-state index in [1.165, 1.54) is 12.3 Å². The maximum absolute atomic E-state index is 13.6. The smallest absolute Gasteiger partial charge is 0.410 e. The fraction of sp³-hybridized carbons (Fsp3) is 0.375. The number of nitrogens with zero attached hydrogens (tertiary/aromatic N) is 2. The van der Waals surface area contributed by atoms with Gasteiger partial charge in [-0.15, -0.1) is 0 Å². The van der Waals surface area contributed by atoms with Crippen LogP contribution in [0.25, 0.3) is 5.57 Å². The number of anilines is 1. The lowest BCUT2D eigenvalue weighted by atomic mass is 9.93. The van der Waals surface area contributed by atoms with Gasteiger partial charge in [0.2, 0.25) is 0 Å². The predicted octanol–water partition coefficient (Wildman–Crippen LogP) is 4.89. The number of carbonyl (C=O) groups is 2. The van der Waals surface area contributed by atoms with Gasteiger partial charge in [-0.3, -0.25) is 4.79 Å². The highest BCUT2D eigenvalue weighted by Gasteiger charge is 2.30. The van der Waals surface area contributed by atoms with Gasteiger partial charge in [-0.2, -0.15) is 0 Å². The van der Waals surface area contributed by atoms with E-state index in [1.807, 2.05) is 40.7 Å². The van der Waals surface area contributed by atoms with Gasteiger partial charge in [-0.1, -0.05) is 25.7 Å². The minimum absolute atomic E-state index is 0.178. The summed E-state index contributed by atoms with van der Waals surface area (Å²) in [6.45, 7) is 10.0. The first kappa shape index (κ1) is 34.0. The van der Waals surface area contributed by atoms with E-state index >= 15 is 0 Å². The quantitative estimate of drug-likeness (QED) is 0.218. The standard InChI is InChI=1S/C24H28ClN3O3S9/c1-13-14(2)21(40(36,37)39(34)35)19(27-22(29)16-6-9-26-17(25)12-16)18(20(13)38(32)33)15-7-10-28(11-8-15)23(30)31-24(3,4)5/h6-7,9,12,38-39H,8,10-11H2,1-5H3,(H,27,29). The Morgan fingerprint density at radius 1 is 1.15 bits per heavy atom. The van der Waals surface area contributed by atoms with Crippen LogP contribution in [0.4, 0.5) is 10.5 Å². The number of nitrogens with one attached hydrogen (secondary N) is 1. The van der Waals surface area contributed by atoms with Crippen LogP contribution in [-0.2, 0) is 93.1 Å².